The van der Waals surface area contributed by atoms with Gasteiger partial charge in [0, 0.05) is 16.3 Å². The third-order valence-electron chi connectivity index (χ3n) is 4.17. The number of benzene rings is 2. The molecule has 1 aliphatic rings. The fourth-order valence-electron chi connectivity index (χ4n) is 2.98. The van der Waals surface area contributed by atoms with E-state index in [0.717, 1.165) is 17.9 Å². The summed E-state index contributed by atoms with van der Waals surface area (Å²) in [5, 5.41) is 3.17. The molecule has 1 aliphatic heterocycles. The number of aromatic nitrogens is 2. The first kappa shape index (κ1) is 15.0. The highest BCUT2D eigenvalue weighted by Gasteiger charge is 2.23. The number of hydrogen-bond donors (Lipinski definition) is 1. The molecule has 0 unspecified atom stereocenters. The summed E-state index contributed by atoms with van der Waals surface area (Å²) < 4.78 is 1.82. The standard InChI is InChI=1S/C19H17N3OS/c23-19(17-12-20-13-22(17)14-6-2-1-3-7-14)21-16-10-11-24-18-9-5-4-8-15(16)18/h1-9,12-13,16H,10-11H2,(H,21,23)/t16-/m1/s1. The predicted octanol–water partition coefficient (Wildman–Crippen LogP) is 3.84. The summed E-state index contributed by atoms with van der Waals surface area (Å²) in [4.78, 5) is 18.2. The fourth-order valence-corrected chi connectivity index (χ4v) is 4.11. The summed E-state index contributed by atoms with van der Waals surface area (Å²) in [6, 6.07) is 18.1. The molecule has 2 aromatic carbocycles. The molecule has 2 heterocycles. The Balaban J connectivity index is 1.60. The molecule has 4 rings (SSSR count). The van der Waals surface area contributed by atoms with Gasteiger partial charge in [0.1, 0.15) is 5.69 Å². The smallest absolute Gasteiger partial charge is 0.270 e. The maximum absolute atomic E-state index is 12.8. The van der Waals surface area contributed by atoms with Crippen molar-refractivity contribution in [2.75, 3.05) is 5.75 Å². The molecule has 4 nitrogen and oxygen atoms in total. The molecular weight excluding hydrogens is 318 g/mol. The van der Waals surface area contributed by atoms with Crippen LogP contribution in [0.25, 0.3) is 5.69 Å². The molecule has 120 valence electrons. The number of imidazole rings is 1. The molecule has 1 atom stereocenters. The van der Waals surface area contributed by atoms with Crippen molar-refractivity contribution in [2.24, 2.45) is 0 Å². The van der Waals surface area contributed by atoms with Crippen LogP contribution in [0.3, 0.4) is 0 Å². The number of hydrogen-bond acceptors (Lipinski definition) is 3. The van der Waals surface area contributed by atoms with E-state index in [1.165, 1.54) is 10.5 Å². The fraction of sp³-hybridized carbons (Fsp3) is 0.158. The largest absolute Gasteiger partial charge is 0.344 e. The van der Waals surface area contributed by atoms with Gasteiger partial charge in [-0.15, -0.1) is 11.8 Å². The minimum atomic E-state index is -0.0944. The number of rotatable bonds is 3. The SMILES string of the molecule is O=C(N[C@@H]1CCSc2ccccc21)c1cncn1-c1ccccc1. The van der Waals surface area contributed by atoms with Crippen LogP contribution < -0.4 is 5.32 Å². The van der Waals surface area contributed by atoms with Crippen LogP contribution in [0.15, 0.2) is 72.0 Å². The minimum absolute atomic E-state index is 0.0501. The van der Waals surface area contributed by atoms with Gasteiger partial charge in [-0.1, -0.05) is 36.4 Å². The number of carbonyl (C=O) groups is 1. The van der Waals surface area contributed by atoms with Gasteiger partial charge in [0.05, 0.1) is 18.6 Å². The van der Waals surface area contributed by atoms with Crippen LogP contribution in [0.2, 0.25) is 0 Å². The van der Waals surface area contributed by atoms with Gasteiger partial charge in [-0.25, -0.2) is 4.98 Å². The van der Waals surface area contributed by atoms with Crippen molar-refractivity contribution in [3.8, 4) is 5.69 Å². The topological polar surface area (TPSA) is 46.9 Å². The van der Waals surface area contributed by atoms with E-state index in [-0.39, 0.29) is 11.9 Å². The molecule has 0 spiro atoms. The van der Waals surface area contributed by atoms with Gasteiger partial charge in [0.25, 0.3) is 5.91 Å². The lowest BCUT2D eigenvalue weighted by atomic mass is 10.0. The zero-order valence-corrected chi connectivity index (χ0v) is 13.9. The van der Waals surface area contributed by atoms with E-state index < -0.39 is 0 Å². The summed E-state index contributed by atoms with van der Waals surface area (Å²) in [6.07, 6.45) is 4.23. The van der Waals surface area contributed by atoms with Crippen LogP contribution in [0.1, 0.15) is 28.5 Å². The Kier molecular flexibility index (Phi) is 4.09. The predicted molar refractivity (Wildman–Crippen MR) is 95.6 cm³/mol. The molecular formula is C19H17N3OS. The van der Waals surface area contributed by atoms with E-state index in [2.05, 4.69) is 22.4 Å². The molecule has 0 saturated carbocycles. The van der Waals surface area contributed by atoms with Gasteiger partial charge in [-0.05, 0) is 30.2 Å². The average molecular weight is 335 g/mol. The lowest BCUT2D eigenvalue weighted by molar-refractivity contribution is 0.0928. The molecule has 1 aromatic heterocycles. The van der Waals surface area contributed by atoms with Gasteiger partial charge in [0.2, 0.25) is 0 Å². The van der Waals surface area contributed by atoms with Crippen molar-refractivity contribution in [2.45, 2.75) is 17.4 Å². The summed E-state index contributed by atoms with van der Waals surface area (Å²) in [5.41, 5.74) is 2.68. The maximum atomic E-state index is 12.8. The second-order valence-corrected chi connectivity index (χ2v) is 6.82. The Morgan fingerprint density at radius 1 is 1.12 bits per heavy atom. The normalized spacial score (nSPS) is 16.4. The zero-order chi connectivity index (χ0) is 16.4. The van der Waals surface area contributed by atoms with Crippen molar-refractivity contribution in [3.63, 3.8) is 0 Å². The summed E-state index contributed by atoms with van der Waals surface area (Å²) in [6.45, 7) is 0. The summed E-state index contributed by atoms with van der Waals surface area (Å²) in [7, 11) is 0. The highest BCUT2D eigenvalue weighted by atomic mass is 32.2. The Labute approximate surface area is 144 Å². The molecule has 0 aliphatic carbocycles. The molecule has 24 heavy (non-hydrogen) atoms. The Morgan fingerprint density at radius 2 is 1.92 bits per heavy atom. The van der Waals surface area contributed by atoms with E-state index in [1.54, 1.807) is 12.5 Å². The lowest BCUT2D eigenvalue weighted by Gasteiger charge is -2.26. The minimum Gasteiger partial charge on any atom is -0.344 e. The highest BCUT2D eigenvalue weighted by molar-refractivity contribution is 7.99. The van der Waals surface area contributed by atoms with Crippen molar-refractivity contribution in [1.82, 2.24) is 14.9 Å². The first-order chi connectivity index (χ1) is 11.8. The molecule has 1 amide bonds. The zero-order valence-electron chi connectivity index (χ0n) is 13.1. The van der Waals surface area contributed by atoms with Gasteiger partial charge >= 0.3 is 0 Å². The van der Waals surface area contributed by atoms with E-state index in [4.69, 9.17) is 0 Å². The van der Waals surface area contributed by atoms with Crippen molar-refractivity contribution in [1.29, 1.82) is 0 Å². The van der Waals surface area contributed by atoms with Gasteiger partial charge in [-0.2, -0.15) is 0 Å². The van der Waals surface area contributed by atoms with Gasteiger partial charge in [-0.3, -0.25) is 9.36 Å². The molecule has 1 N–H and O–H groups in total. The van der Waals surface area contributed by atoms with E-state index >= 15 is 0 Å². The number of fused-ring (bicyclic) bond motifs is 1. The van der Waals surface area contributed by atoms with Crippen LogP contribution in [-0.4, -0.2) is 21.2 Å². The number of nitrogens with one attached hydrogen (secondary N) is 1. The van der Waals surface area contributed by atoms with Crippen LogP contribution in [-0.2, 0) is 0 Å². The van der Waals surface area contributed by atoms with Crippen molar-refractivity contribution in [3.05, 3.63) is 78.4 Å². The molecule has 5 heteroatoms. The molecule has 0 radical (unpaired) electrons. The number of carbonyl (C=O) groups excluding carboxylic acids is 1. The third kappa shape index (κ3) is 2.83. The third-order valence-corrected chi connectivity index (χ3v) is 5.29. The van der Waals surface area contributed by atoms with Crippen molar-refractivity contribution < 1.29 is 4.79 Å². The van der Waals surface area contributed by atoms with Crippen molar-refractivity contribution >= 4 is 17.7 Å². The monoisotopic (exact) mass is 335 g/mol. The summed E-state index contributed by atoms with van der Waals surface area (Å²) >= 11 is 1.85. The first-order valence-corrected chi connectivity index (χ1v) is 8.92. The number of nitrogens with zero attached hydrogens (tertiary/aromatic N) is 2. The van der Waals surface area contributed by atoms with E-state index in [9.17, 15) is 4.79 Å². The Hall–Kier alpha value is -2.53. The summed E-state index contributed by atoms with van der Waals surface area (Å²) in [5.74, 6) is 0.919. The van der Waals surface area contributed by atoms with Crippen LogP contribution >= 0.6 is 11.8 Å². The second-order valence-electron chi connectivity index (χ2n) is 5.69. The van der Waals surface area contributed by atoms with Crippen LogP contribution in [0, 0.1) is 0 Å². The highest BCUT2D eigenvalue weighted by Crippen LogP contribution is 2.35. The Bertz CT molecular complexity index is 860. The average Bonchev–Trinajstić information content (AvgIpc) is 3.13. The quantitative estimate of drug-likeness (QED) is 0.791. The molecule has 0 fully saturated rings. The first-order valence-electron chi connectivity index (χ1n) is 7.93. The van der Waals surface area contributed by atoms with Crippen LogP contribution in [0.5, 0.6) is 0 Å². The van der Waals surface area contributed by atoms with E-state index in [0.29, 0.717) is 5.69 Å². The molecule has 0 bridgehead atoms. The second kappa shape index (κ2) is 6.53. The Morgan fingerprint density at radius 3 is 2.79 bits per heavy atom. The lowest BCUT2D eigenvalue weighted by Crippen LogP contribution is -2.31. The van der Waals surface area contributed by atoms with Gasteiger partial charge in [0.15, 0.2) is 0 Å². The number of para-hydroxylation sites is 1. The molecule has 0 saturated heterocycles. The maximum Gasteiger partial charge on any atom is 0.270 e. The van der Waals surface area contributed by atoms with Crippen LogP contribution in [0.4, 0.5) is 0 Å². The number of thioether (sulfide) groups is 1. The van der Waals surface area contributed by atoms with Gasteiger partial charge < -0.3 is 5.32 Å². The number of amides is 1. The molecule has 3 aromatic rings. The van der Waals surface area contributed by atoms with E-state index in [1.807, 2.05) is 58.8 Å².